The summed E-state index contributed by atoms with van der Waals surface area (Å²) in [7, 11) is 0. The van der Waals surface area contributed by atoms with Crippen LogP contribution in [0.4, 0.5) is 5.82 Å². The van der Waals surface area contributed by atoms with Crippen LogP contribution in [-0.2, 0) is 6.54 Å². The molecule has 3 aromatic rings. The highest BCUT2D eigenvalue weighted by atomic mass is 35.5. The molecule has 8 nitrogen and oxygen atoms in total. The molecule has 2 aliphatic heterocycles. The molecule has 10 heteroatoms. The van der Waals surface area contributed by atoms with Gasteiger partial charge in [-0.25, -0.2) is 4.98 Å². The monoisotopic (exact) mass is 578 g/mol. The van der Waals surface area contributed by atoms with Crippen LogP contribution in [0, 0.1) is 11.3 Å². The number of amides is 2. The van der Waals surface area contributed by atoms with Crippen LogP contribution >= 0.6 is 23.2 Å². The van der Waals surface area contributed by atoms with Crippen LogP contribution < -0.4 is 10.2 Å². The predicted octanol–water partition coefficient (Wildman–Crippen LogP) is 4.86. The number of piperazine rings is 1. The number of anilines is 1. The number of halogens is 2. The van der Waals surface area contributed by atoms with Crippen molar-refractivity contribution in [2.45, 2.75) is 25.4 Å². The van der Waals surface area contributed by atoms with Crippen LogP contribution in [0.3, 0.4) is 0 Å². The smallest absolute Gasteiger partial charge is 0.253 e. The Bertz CT molecular complexity index is 1400. The van der Waals surface area contributed by atoms with E-state index in [4.69, 9.17) is 28.5 Å². The molecule has 3 heterocycles. The van der Waals surface area contributed by atoms with Gasteiger partial charge in [-0.2, -0.15) is 5.26 Å². The molecule has 40 heavy (non-hydrogen) atoms. The van der Waals surface area contributed by atoms with Gasteiger partial charge in [0, 0.05) is 70.1 Å². The van der Waals surface area contributed by atoms with E-state index in [9.17, 15) is 9.59 Å². The van der Waals surface area contributed by atoms with Crippen molar-refractivity contribution in [1.82, 2.24) is 20.1 Å². The first-order valence-corrected chi connectivity index (χ1v) is 14.1. The van der Waals surface area contributed by atoms with E-state index < -0.39 is 0 Å². The fourth-order valence-electron chi connectivity index (χ4n) is 5.28. The van der Waals surface area contributed by atoms with Crippen LogP contribution in [0.25, 0.3) is 0 Å². The molecule has 208 valence electrons. The SMILES string of the molecule is N#Cc1ccc(C(=O)N2CCC(N3CCN(c4ncc(C(=O)NCc5ccc(Cl)cc5)cc4Cl)CC3)CC2)cc1.[HH]. The van der Waals surface area contributed by atoms with Gasteiger partial charge in [-0.15, -0.1) is 0 Å². The van der Waals surface area contributed by atoms with Crippen LogP contribution in [0.2, 0.25) is 10.0 Å². The van der Waals surface area contributed by atoms with E-state index in [2.05, 4.69) is 26.2 Å². The zero-order valence-electron chi connectivity index (χ0n) is 22.0. The van der Waals surface area contributed by atoms with Crippen molar-refractivity contribution in [2.75, 3.05) is 44.2 Å². The van der Waals surface area contributed by atoms with Crippen molar-refractivity contribution >= 4 is 40.8 Å². The van der Waals surface area contributed by atoms with Gasteiger partial charge in [-0.05, 0) is 60.9 Å². The minimum absolute atomic E-state index is 0. The average molecular weight is 580 g/mol. The van der Waals surface area contributed by atoms with Gasteiger partial charge in [0.2, 0.25) is 0 Å². The Balaban J connectivity index is 0.00000387. The van der Waals surface area contributed by atoms with Crippen molar-refractivity contribution in [1.29, 1.82) is 5.26 Å². The molecular weight excluding hydrogens is 547 g/mol. The number of nitriles is 1. The normalized spacial score (nSPS) is 16.4. The topological polar surface area (TPSA) is 92.6 Å². The molecule has 0 bridgehead atoms. The van der Waals surface area contributed by atoms with E-state index in [1.165, 1.54) is 0 Å². The zero-order valence-corrected chi connectivity index (χ0v) is 23.5. The molecule has 1 aromatic heterocycles. The maximum absolute atomic E-state index is 12.9. The Morgan fingerprint density at radius 2 is 1.62 bits per heavy atom. The summed E-state index contributed by atoms with van der Waals surface area (Å²) in [6.07, 6.45) is 3.44. The Labute approximate surface area is 245 Å². The van der Waals surface area contributed by atoms with Crippen molar-refractivity contribution in [3.05, 3.63) is 93.1 Å². The van der Waals surface area contributed by atoms with Crippen LogP contribution in [0.15, 0.2) is 60.8 Å². The van der Waals surface area contributed by atoms with Gasteiger partial charge < -0.3 is 15.1 Å². The van der Waals surface area contributed by atoms with E-state index in [1.54, 1.807) is 48.7 Å². The number of hydrogen-bond donors (Lipinski definition) is 1. The lowest BCUT2D eigenvalue weighted by atomic mass is 10.0. The molecule has 2 fully saturated rings. The molecule has 1 N–H and O–H groups in total. The zero-order chi connectivity index (χ0) is 28.1. The predicted molar refractivity (Wildman–Crippen MR) is 158 cm³/mol. The van der Waals surface area contributed by atoms with Crippen molar-refractivity contribution in [2.24, 2.45) is 0 Å². The number of aromatic nitrogens is 1. The summed E-state index contributed by atoms with van der Waals surface area (Å²) in [5.74, 6) is 0.485. The summed E-state index contributed by atoms with van der Waals surface area (Å²) in [6.45, 7) is 5.18. The van der Waals surface area contributed by atoms with E-state index in [0.717, 1.165) is 57.7 Å². The van der Waals surface area contributed by atoms with Crippen LogP contribution in [0.1, 0.15) is 46.1 Å². The fourth-order valence-corrected chi connectivity index (χ4v) is 5.69. The third kappa shape index (κ3) is 6.56. The molecular formula is C30H32Cl2N6O2. The molecule has 0 atom stereocenters. The molecule has 2 aromatic carbocycles. The highest BCUT2D eigenvalue weighted by Crippen LogP contribution is 2.27. The highest BCUT2D eigenvalue weighted by molar-refractivity contribution is 6.33. The number of carbonyl (C=O) groups excluding carboxylic acids is 2. The Morgan fingerprint density at radius 3 is 2.25 bits per heavy atom. The standard InChI is InChI=1S/C30H30Cl2N6O2.H2/c31-25-7-3-22(4-8-25)19-35-29(39)24-17-27(32)28(34-20-24)37-15-13-36(14-16-37)26-9-11-38(12-10-26)30(40)23-5-1-21(18-33)2-6-23;/h1-8,17,20,26H,9-16,19H2,(H,35,39);1H. The molecule has 0 radical (unpaired) electrons. The maximum atomic E-state index is 12.9. The van der Waals surface area contributed by atoms with Gasteiger partial charge in [0.05, 0.1) is 22.2 Å². The van der Waals surface area contributed by atoms with Gasteiger partial charge in [0.1, 0.15) is 5.82 Å². The Kier molecular flexibility index (Phi) is 8.85. The molecule has 0 aliphatic carbocycles. The second kappa shape index (κ2) is 12.7. The van der Waals surface area contributed by atoms with E-state index >= 15 is 0 Å². The lowest BCUT2D eigenvalue weighted by molar-refractivity contribution is 0.0610. The second-order valence-electron chi connectivity index (χ2n) is 10.1. The summed E-state index contributed by atoms with van der Waals surface area (Å²) in [6, 6.07) is 18.3. The molecule has 0 saturated carbocycles. The maximum Gasteiger partial charge on any atom is 0.253 e. The molecule has 0 unspecified atom stereocenters. The minimum Gasteiger partial charge on any atom is -0.353 e. The Hall–Kier alpha value is -3.64. The van der Waals surface area contributed by atoms with Gasteiger partial charge in [-0.3, -0.25) is 14.5 Å². The molecule has 5 rings (SSSR count). The molecule has 0 spiro atoms. The first-order valence-electron chi connectivity index (χ1n) is 13.4. The first kappa shape index (κ1) is 27.9. The van der Waals surface area contributed by atoms with Crippen LogP contribution in [-0.4, -0.2) is 71.9 Å². The number of carbonyl (C=O) groups is 2. The lowest BCUT2D eigenvalue weighted by Gasteiger charge is -2.43. The summed E-state index contributed by atoms with van der Waals surface area (Å²) in [5.41, 5.74) is 2.55. The average Bonchev–Trinajstić information content (AvgIpc) is 3.00. The number of rotatable bonds is 6. The second-order valence-corrected chi connectivity index (χ2v) is 10.9. The third-order valence-electron chi connectivity index (χ3n) is 7.59. The number of benzene rings is 2. The van der Waals surface area contributed by atoms with Gasteiger partial charge in [-0.1, -0.05) is 35.3 Å². The van der Waals surface area contributed by atoms with Crippen molar-refractivity contribution in [3.8, 4) is 6.07 Å². The van der Waals surface area contributed by atoms with Crippen molar-refractivity contribution < 1.29 is 11.0 Å². The number of pyridine rings is 1. The van der Waals surface area contributed by atoms with E-state index in [-0.39, 0.29) is 13.2 Å². The largest absolute Gasteiger partial charge is 0.353 e. The van der Waals surface area contributed by atoms with Gasteiger partial charge >= 0.3 is 0 Å². The van der Waals surface area contributed by atoms with E-state index in [1.807, 2.05) is 17.0 Å². The van der Waals surface area contributed by atoms with Gasteiger partial charge in [0.15, 0.2) is 0 Å². The Morgan fingerprint density at radius 1 is 0.950 bits per heavy atom. The number of piperidine rings is 1. The number of nitrogens with zero attached hydrogens (tertiary/aromatic N) is 5. The number of nitrogens with one attached hydrogen (secondary N) is 1. The summed E-state index contributed by atoms with van der Waals surface area (Å²) < 4.78 is 0. The fraction of sp³-hybridized carbons (Fsp3) is 0.333. The lowest BCUT2D eigenvalue weighted by Crippen LogP contribution is -2.54. The number of hydrogen-bond acceptors (Lipinski definition) is 6. The summed E-state index contributed by atoms with van der Waals surface area (Å²) >= 11 is 12.5. The third-order valence-corrected chi connectivity index (χ3v) is 8.12. The van der Waals surface area contributed by atoms with Crippen molar-refractivity contribution in [3.63, 3.8) is 0 Å². The number of likely N-dealkylation sites (tertiary alicyclic amines) is 1. The molecule has 2 aliphatic rings. The first-order chi connectivity index (χ1) is 19.4. The minimum atomic E-state index is -0.232. The summed E-state index contributed by atoms with van der Waals surface area (Å²) in [5, 5.41) is 13.0. The summed E-state index contributed by atoms with van der Waals surface area (Å²) in [4.78, 5) is 36.6. The highest BCUT2D eigenvalue weighted by Gasteiger charge is 2.30. The molecule has 2 amide bonds. The van der Waals surface area contributed by atoms with E-state index in [0.29, 0.717) is 45.1 Å². The quantitative estimate of drug-likeness (QED) is 0.449. The molecule has 2 saturated heterocycles. The van der Waals surface area contributed by atoms with Crippen LogP contribution in [0.5, 0.6) is 0 Å². The van der Waals surface area contributed by atoms with Gasteiger partial charge in [0.25, 0.3) is 11.8 Å².